The predicted octanol–water partition coefficient (Wildman–Crippen LogP) is 12.2. The van der Waals surface area contributed by atoms with Gasteiger partial charge in [-0.05, 0) is 80.1 Å². The van der Waals surface area contributed by atoms with Gasteiger partial charge in [0, 0.05) is 11.5 Å². The molecule has 0 radical (unpaired) electrons. The van der Waals surface area contributed by atoms with E-state index in [1.54, 1.807) is 12.1 Å². The second kappa shape index (κ2) is 18.0. The van der Waals surface area contributed by atoms with Gasteiger partial charge < -0.3 is 0 Å². The van der Waals surface area contributed by atoms with E-state index in [2.05, 4.69) is 32.1 Å². The summed E-state index contributed by atoms with van der Waals surface area (Å²) in [6.07, 6.45) is 33.0. The highest BCUT2D eigenvalue weighted by molar-refractivity contribution is 5.36. The summed E-state index contributed by atoms with van der Waals surface area (Å²) in [5.41, 5.74) is 2.53. The molecule has 0 N–H and O–H groups in total. The van der Waals surface area contributed by atoms with E-state index in [4.69, 9.17) is 0 Å². The van der Waals surface area contributed by atoms with Crippen LogP contribution in [-0.4, -0.2) is 0 Å². The minimum absolute atomic E-state index is 0.0872. The van der Waals surface area contributed by atoms with Crippen molar-refractivity contribution >= 4 is 0 Å². The molecule has 0 saturated heterocycles. The lowest BCUT2D eigenvalue weighted by Crippen LogP contribution is -2.17. The molecule has 0 aromatic heterocycles. The van der Waals surface area contributed by atoms with Gasteiger partial charge in [0.15, 0.2) is 0 Å². The van der Waals surface area contributed by atoms with E-state index < -0.39 is 0 Å². The number of halogens is 2. The van der Waals surface area contributed by atoms with Crippen LogP contribution in [0, 0.1) is 23.5 Å². The van der Waals surface area contributed by atoms with Crippen molar-refractivity contribution in [3.05, 3.63) is 58.7 Å². The van der Waals surface area contributed by atoms with Crippen LogP contribution in [0.3, 0.4) is 0 Å². The summed E-state index contributed by atoms with van der Waals surface area (Å²) in [4.78, 5) is 0. The molecule has 0 heterocycles. The molecule has 0 nitrogen and oxygen atoms in total. The molecule has 214 valence electrons. The lowest BCUT2D eigenvalue weighted by molar-refractivity contribution is 0.282. The van der Waals surface area contributed by atoms with Crippen LogP contribution in [0.25, 0.3) is 0 Å². The Morgan fingerprint density at radius 1 is 0.684 bits per heavy atom. The topological polar surface area (TPSA) is 0 Å². The first kappa shape index (κ1) is 31.1. The fraction of sp³-hybridized carbons (Fsp3) is 0.722. The Hall–Kier alpha value is -1.44. The highest BCUT2D eigenvalue weighted by atomic mass is 19.1. The van der Waals surface area contributed by atoms with E-state index in [9.17, 15) is 8.78 Å². The van der Waals surface area contributed by atoms with Crippen molar-refractivity contribution < 1.29 is 8.78 Å². The summed E-state index contributed by atoms with van der Waals surface area (Å²) >= 11 is 0. The maximum Gasteiger partial charge on any atom is 0.129 e. The number of unbranched alkanes of at least 4 members (excludes halogenated alkanes) is 12. The zero-order valence-corrected chi connectivity index (χ0v) is 24.7. The van der Waals surface area contributed by atoms with Crippen LogP contribution in [0.15, 0.2) is 35.9 Å². The smallest absolute Gasteiger partial charge is 0.129 e. The molecule has 0 bridgehead atoms. The molecule has 1 unspecified atom stereocenters. The minimum Gasteiger partial charge on any atom is -0.207 e. The molecule has 2 heteroatoms. The summed E-state index contributed by atoms with van der Waals surface area (Å²) in [5, 5.41) is 0. The van der Waals surface area contributed by atoms with Crippen LogP contribution < -0.4 is 0 Å². The van der Waals surface area contributed by atoms with E-state index in [1.807, 2.05) is 0 Å². The fourth-order valence-corrected chi connectivity index (χ4v) is 6.70. The van der Waals surface area contributed by atoms with Crippen LogP contribution >= 0.6 is 0 Å². The molecule has 1 saturated carbocycles. The molecular formula is C36H56F2. The highest BCUT2D eigenvalue weighted by Gasteiger charge is 2.25. The second-order valence-corrected chi connectivity index (χ2v) is 12.4. The highest BCUT2D eigenvalue weighted by Crippen LogP contribution is 2.39. The first-order chi connectivity index (χ1) is 18.6. The Bertz CT molecular complexity index is 820. The van der Waals surface area contributed by atoms with Gasteiger partial charge in [0.2, 0.25) is 0 Å². The van der Waals surface area contributed by atoms with Gasteiger partial charge in [-0.2, -0.15) is 0 Å². The van der Waals surface area contributed by atoms with E-state index in [0.29, 0.717) is 12.3 Å². The summed E-state index contributed by atoms with van der Waals surface area (Å²) < 4.78 is 29.6. The van der Waals surface area contributed by atoms with Crippen molar-refractivity contribution in [3.63, 3.8) is 0 Å². The number of hydrogen-bond acceptors (Lipinski definition) is 0. The molecule has 2 aliphatic carbocycles. The Morgan fingerprint density at radius 3 is 1.79 bits per heavy atom. The molecule has 0 aliphatic heterocycles. The van der Waals surface area contributed by atoms with Gasteiger partial charge in [-0.25, -0.2) is 8.78 Å². The Kier molecular flexibility index (Phi) is 14.7. The zero-order chi connectivity index (χ0) is 27.0. The van der Waals surface area contributed by atoms with Gasteiger partial charge in [-0.15, -0.1) is 0 Å². The summed E-state index contributed by atoms with van der Waals surface area (Å²) in [6.45, 7) is 4.49. The van der Waals surface area contributed by atoms with Crippen molar-refractivity contribution in [2.24, 2.45) is 11.8 Å². The summed E-state index contributed by atoms with van der Waals surface area (Å²) in [5.74, 6) is 0.977. The van der Waals surface area contributed by atoms with E-state index in [-0.39, 0.29) is 23.1 Å². The van der Waals surface area contributed by atoms with Crippen molar-refractivity contribution in [2.45, 2.75) is 155 Å². The third-order valence-electron chi connectivity index (χ3n) is 9.28. The van der Waals surface area contributed by atoms with E-state index in [1.165, 1.54) is 108 Å². The standard InChI is InChI=1S/C36H56F2/c1-3-5-7-9-11-12-13-15-17-29-19-21-30(22-20-29)31-23-25-32(26-24-31)33-27-35(37)34(36(38)28-33)18-16-14-10-8-6-4-2/h23-25,27-30,32H,3-22,26H2,1-2H3/t29-,30-,32?. The predicted molar refractivity (Wildman–Crippen MR) is 161 cm³/mol. The van der Waals surface area contributed by atoms with E-state index in [0.717, 1.165) is 37.2 Å². The third-order valence-corrected chi connectivity index (χ3v) is 9.28. The van der Waals surface area contributed by atoms with Crippen LogP contribution in [0.5, 0.6) is 0 Å². The maximum atomic E-state index is 14.8. The average Bonchev–Trinajstić information content (AvgIpc) is 2.93. The zero-order valence-electron chi connectivity index (χ0n) is 24.7. The molecule has 2 aliphatic rings. The monoisotopic (exact) mass is 526 g/mol. The molecule has 3 rings (SSSR count). The first-order valence-electron chi connectivity index (χ1n) is 16.5. The molecule has 1 atom stereocenters. The Morgan fingerprint density at radius 2 is 1.24 bits per heavy atom. The van der Waals surface area contributed by atoms with Crippen molar-refractivity contribution in [2.75, 3.05) is 0 Å². The number of allylic oxidation sites excluding steroid dienone is 4. The maximum absolute atomic E-state index is 14.8. The average molecular weight is 527 g/mol. The Labute approximate surface area is 233 Å². The third kappa shape index (κ3) is 10.6. The van der Waals surface area contributed by atoms with Gasteiger partial charge >= 0.3 is 0 Å². The van der Waals surface area contributed by atoms with Gasteiger partial charge in [-0.1, -0.05) is 122 Å². The number of rotatable bonds is 18. The van der Waals surface area contributed by atoms with Crippen molar-refractivity contribution in [1.82, 2.24) is 0 Å². The molecule has 1 aromatic carbocycles. The molecular weight excluding hydrogens is 470 g/mol. The molecule has 0 amide bonds. The fourth-order valence-electron chi connectivity index (χ4n) is 6.70. The van der Waals surface area contributed by atoms with Gasteiger partial charge in [0.25, 0.3) is 0 Å². The van der Waals surface area contributed by atoms with Crippen molar-refractivity contribution in [1.29, 1.82) is 0 Å². The SMILES string of the molecule is CCCCCCCCCC[C@H]1CC[C@H](C2=CCC(c3cc(F)c(CCCCCCCC)c(F)c3)C=C2)CC1. The van der Waals surface area contributed by atoms with Crippen LogP contribution in [0.2, 0.25) is 0 Å². The quantitative estimate of drug-likeness (QED) is 0.167. The molecule has 38 heavy (non-hydrogen) atoms. The lowest BCUT2D eigenvalue weighted by Gasteiger charge is -2.31. The summed E-state index contributed by atoms with van der Waals surface area (Å²) in [7, 11) is 0. The van der Waals surface area contributed by atoms with Gasteiger partial charge in [0.1, 0.15) is 11.6 Å². The lowest BCUT2D eigenvalue weighted by atomic mass is 9.75. The summed E-state index contributed by atoms with van der Waals surface area (Å²) in [6, 6.07) is 3.19. The number of hydrogen-bond donors (Lipinski definition) is 0. The second-order valence-electron chi connectivity index (χ2n) is 12.4. The van der Waals surface area contributed by atoms with Crippen LogP contribution in [-0.2, 0) is 6.42 Å². The van der Waals surface area contributed by atoms with Gasteiger partial charge in [0.05, 0.1) is 0 Å². The molecule has 0 spiro atoms. The van der Waals surface area contributed by atoms with Crippen LogP contribution in [0.1, 0.15) is 159 Å². The normalized spacial score (nSPS) is 21.6. The number of benzene rings is 1. The van der Waals surface area contributed by atoms with Crippen LogP contribution in [0.4, 0.5) is 8.78 Å². The molecule has 1 aromatic rings. The van der Waals surface area contributed by atoms with Crippen molar-refractivity contribution in [3.8, 4) is 0 Å². The molecule has 1 fully saturated rings. The van der Waals surface area contributed by atoms with Gasteiger partial charge in [-0.3, -0.25) is 0 Å². The van der Waals surface area contributed by atoms with E-state index >= 15 is 0 Å². The Balaban J connectivity index is 1.36. The minimum atomic E-state index is -0.355. The first-order valence-corrected chi connectivity index (χ1v) is 16.5. The largest absolute Gasteiger partial charge is 0.207 e.